The monoisotopic (exact) mass is 358 g/mol. The van der Waals surface area contributed by atoms with Gasteiger partial charge in [-0.05, 0) is 44.7 Å². The molecule has 3 rings (SSSR count). The number of aromatic nitrogens is 1. The summed E-state index contributed by atoms with van der Waals surface area (Å²) in [7, 11) is 0. The SMILES string of the molecule is Cc1noc(C)c1CSc1ccccc1C(=O)NCC1CCCCC1. The average molecular weight is 359 g/mol. The van der Waals surface area contributed by atoms with E-state index >= 15 is 0 Å². The summed E-state index contributed by atoms with van der Waals surface area (Å²) in [5.74, 6) is 2.28. The van der Waals surface area contributed by atoms with Crippen LogP contribution in [0.15, 0.2) is 33.7 Å². The van der Waals surface area contributed by atoms with Crippen molar-refractivity contribution < 1.29 is 9.32 Å². The summed E-state index contributed by atoms with van der Waals surface area (Å²) < 4.78 is 5.22. The molecular formula is C20H26N2O2S. The van der Waals surface area contributed by atoms with E-state index in [4.69, 9.17) is 4.52 Å². The van der Waals surface area contributed by atoms with Crippen molar-refractivity contribution in [2.45, 2.75) is 56.6 Å². The van der Waals surface area contributed by atoms with Crippen molar-refractivity contribution in [1.82, 2.24) is 10.5 Å². The minimum atomic E-state index is 0.0347. The normalized spacial score (nSPS) is 15.3. The molecule has 1 N–H and O–H groups in total. The Kier molecular flexibility index (Phi) is 6.19. The van der Waals surface area contributed by atoms with E-state index in [-0.39, 0.29) is 5.91 Å². The van der Waals surface area contributed by atoms with Gasteiger partial charge in [0.15, 0.2) is 0 Å². The van der Waals surface area contributed by atoms with E-state index in [1.54, 1.807) is 11.8 Å². The zero-order valence-electron chi connectivity index (χ0n) is 15.0. The van der Waals surface area contributed by atoms with E-state index in [1.165, 1.54) is 32.1 Å². The molecule has 0 radical (unpaired) electrons. The predicted molar refractivity (Wildman–Crippen MR) is 101 cm³/mol. The van der Waals surface area contributed by atoms with Crippen molar-refractivity contribution in [1.29, 1.82) is 0 Å². The minimum absolute atomic E-state index is 0.0347. The molecule has 1 aliphatic carbocycles. The Morgan fingerprint density at radius 3 is 2.72 bits per heavy atom. The lowest BCUT2D eigenvalue weighted by molar-refractivity contribution is 0.0940. The van der Waals surface area contributed by atoms with Crippen LogP contribution < -0.4 is 5.32 Å². The Morgan fingerprint density at radius 1 is 1.24 bits per heavy atom. The third-order valence-corrected chi connectivity index (χ3v) is 6.06. The molecule has 0 bridgehead atoms. The molecule has 0 aliphatic heterocycles. The van der Waals surface area contributed by atoms with Crippen LogP contribution in [0.4, 0.5) is 0 Å². The highest BCUT2D eigenvalue weighted by Gasteiger charge is 2.17. The number of benzene rings is 1. The molecule has 0 atom stereocenters. The lowest BCUT2D eigenvalue weighted by Gasteiger charge is -2.22. The summed E-state index contributed by atoms with van der Waals surface area (Å²) in [5, 5.41) is 7.14. The lowest BCUT2D eigenvalue weighted by atomic mass is 9.89. The summed E-state index contributed by atoms with van der Waals surface area (Å²) in [6.07, 6.45) is 6.41. The smallest absolute Gasteiger partial charge is 0.252 e. The minimum Gasteiger partial charge on any atom is -0.361 e. The number of carbonyl (C=O) groups is 1. The molecule has 1 aromatic heterocycles. The van der Waals surface area contributed by atoms with Crippen LogP contribution in [0.1, 0.15) is 59.5 Å². The molecule has 1 aromatic carbocycles. The Labute approximate surface area is 153 Å². The van der Waals surface area contributed by atoms with E-state index in [9.17, 15) is 4.79 Å². The van der Waals surface area contributed by atoms with Gasteiger partial charge in [-0.25, -0.2) is 0 Å². The highest BCUT2D eigenvalue weighted by Crippen LogP contribution is 2.29. The molecule has 1 aliphatic rings. The number of hydrogen-bond donors (Lipinski definition) is 1. The first kappa shape index (κ1) is 18.1. The predicted octanol–water partition coefficient (Wildman–Crippen LogP) is 4.89. The van der Waals surface area contributed by atoms with Crippen molar-refractivity contribution in [3.8, 4) is 0 Å². The maximum Gasteiger partial charge on any atom is 0.252 e. The fourth-order valence-corrected chi connectivity index (χ4v) is 4.56. The van der Waals surface area contributed by atoms with Crippen LogP contribution >= 0.6 is 11.8 Å². The van der Waals surface area contributed by atoms with Gasteiger partial charge in [0, 0.05) is 22.8 Å². The number of amides is 1. The van der Waals surface area contributed by atoms with Crippen LogP contribution in [0.25, 0.3) is 0 Å². The van der Waals surface area contributed by atoms with Crippen LogP contribution in [0.3, 0.4) is 0 Å². The summed E-state index contributed by atoms with van der Waals surface area (Å²) in [4.78, 5) is 13.7. The van der Waals surface area contributed by atoms with E-state index in [2.05, 4.69) is 10.5 Å². The Hall–Kier alpha value is -1.75. The number of nitrogens with one attached hydrogen (secondary N) is 1. The van der Waals surface area contributed by atoms with Gasteiger partial charge in [-0.3, -0.25) is 4.79 Å². The second kappa shape index (κ2) is 8.56. The molecule has 0 saturated heterocycles. The topological polar surface area (TPSA) is 55.1 Å². The van der Waals surface area contributed by atoms with Gasteiger partial charge in [0.25, 0.3) is 5.91 Å². The highest BCUT2D eigenvalue weighted by molar-refractivity contribution is 7.98. The van der Waals surface area contributed by atoms with Crippen molar-refractivity contribution >= 4 is 17.7 Å². The molecule has 134 valence electrons. The van der Waals surface area contributed by atoms with Gasteiger partial charge >= 0.3 is 0 Å². The average Bonchev–Trinajstić information content (AvgIpc) is 2.97. The number of aryl methyl sites for hydroxylation is 2. The second-order valence-electron chi connectivity index (χ2n) is 6.80. The number of thioether (sulfide) groups is 1. The van der Waals surface area contributed by atoms with Gasteiger partial charge in [0.05, 0.1) is 11.3 Å². The van der Waals surface area contributed by atoms with E-state index < -0.39 is 0 Å². The molecule has 25 heavy (non-hydrogen) atoms. The second-order valence-corrected chi connectivity index (χ2v) is 7.82. The molecule has 2 aromatic rings. The molecular weight excluding hydrogens is 332 g/mol. The van der Waals surface area contributed by atoms with Gasteiger partial charge in [-0.2, -0.15) is 0 Å². The number of nitrogens with zero attached hydrogens (tertiary/aromatic N) is 1. The highest BCUT2D eigenvalue weighted by atomic mass is 32.2. The van der Waals surface area contributed by atoms with Crippen molar-refractivity contribution in [3.05, 3.63) is 46.8 Å². The van der Waals surface area contributed by atoms with E-state index in [0.29, 0.717) is 5.92 Å². The van der Waals surface area contributed by atoms with Crippen LogP contribution in [0, 0.1) is 19.8 Å². The first-order chi connectivity index (χ1) is 12.1. The van der Waals surface area contributed by atoms with Crippen LogP contribution in [-0.2, 0) is 5.75 Å². The molecule has 1 fully saturated rings. The lowest BCUT2D eigenvalue weighted by Crippen LogP contribution is -2.30. The number of carbonyl (C=O) groups excluding carboxylic acids is 1. The van der Waals surface area contributed by atoms with E-state index in [0.717, 1.165) is 39.8 Å². The van der Waals surface area contributed by atoms with Gasteiger partial charge in [0.2, 0.25) is 0 Å². The Bertz CT molecular complexity index is 701. The molecule has 0 unspecified atom stereocenters. The fourth-order valence-electron chi connectivity index (χ4n) is 3.36. The molecule has 1 heterocycles. The van der Waals surface area contributed by atoms with Crippen LogP contribution in [0.5, 0.6) is 0 Å². The largest absolute Gasteiger partial charge is 0.361 e. The third-order valence-electron chi connectivity index (χ3n) is 4.96. The third kappa shape index (κ3) is 4.66. The van der Waals surface area contributed by atoms with Crippen molar-refractivity contribution in [2.75, 3.05) is 6.54 Å². The number of hydrogen-bond acceptors (Lipinski definition) is 4. The quantitative estimate of drug-likeness (QED) is 0.747. The molecule has 1 saturated carbocycles. The van der Waals surface area contributed by atoms with Crippen LogP contribution in [-0.4, -0.2) is 17.6 Å². The maximum atomic E-state index is 12.6. The van der Waals surface area contributed by atoms with Crippen LogP contribution in [0.2, 0.25) is 0 Å². The standard InChI is InChI=1S/C20H26N2O2S/c1-14-18(15(2)24-22-14)13-25-19-11-7-6-10-17(19)20(23)21-12-16-8-4-3-5-9-16/h6-7,10-11,16H,3-5,8-9,12-13H2,1-2H3,(H,21,23). The van der Waals surface area contributed by atoms with Gasteiger partial charge in [-0.1, -0.05) is 36.6 Å². The van der Waals surface area contributed by atoms with E-state index in [1.807, 2.05) is 38.1 Å². The fraction of sp³-hybridized carbons (Fsp3) is 0.500. The van der Waals surface area contributed by atoms with Crippen molar-refractivity contribution in [3.63, 3.8) is 0 Å². The molecule has 5 heteroatoms. The van der Waals surface area contributed by atoms with Gasteiger partial charge in [0.1, 0.15) is 5.76 Å². The first-order valence-corrected chi connectivity index (χ1v) is 10.1. The first-order valence-electron chi connectivity index (χ1n) is 9.07. The van der Waals surface area contributed by atoms with Gasteiger partial charge < -0.3 is 9.84 Å². The Balaban J connectivity index is 1.62. The summed E-state index contributed by atoms with van der Waals surface area (Å²) in [6.45, 7) is 4.68. The maximum absolute atomic E-state index is 12.6. The summed E-state index contributed by atoms with van der Waals surface area (Å²) in [5.41, 5.74) is 2.79. The molecule has 4 nitrogen and oxygen atoms in total. The zero-order chi connectivity index (χ0) is 17.6. The number of rotatable bonds is 6. The Morgan fingerprint density at radius 2 is 2.00 bits per heavy atom. The summed E-state index contributed by atoms with van der Waals surface area (Å²) >= 11 is 1.66. The molecule has 0 spiro atoms. The summed E-state index contributed by atoms with van der Waals surface area (Å²) in [6, 6.07) is 7.83. The van der Waals surface area contributed by atoms with Crippen molar-refractivity contribution in [2.24, 2.45) is 5.92 Å². The van der Waals surface area contributed by atoms with Gasteiger partial charge in [-0.15, -0.1) is 11.8 Å². The zero-order valence-corrected chi connectivity index (χ0v) is 15.8. The molecule has 1 amide bonds.